The van der Waals surface area contributed by atoms with Gasteiger partial charge in [-0.3, -0.25) is 0 Å². The lowest BCUT2D eigenvalue weighted by Crippen LogP contribution is -2.40. The largest absolute Gasteiger partial charge is 0.382 e. The second-order valence-electron chi connectivity index (χ2n) is 4.42. The molecule has 0 aliphatic heterocycles. The molecule has 0 spiro atoms. The van der Waals surface area contributed by atoms with E-state index < -0.39 is 5.60 Å². The fraction of sp³-hybridized carbons (Fsp3) is 0.727. The monoisotopic (exact) mass is 209 g/mol. The fourth-order valence-electron chi connectivity index (χ4n) is 2.47. The highest BCUT2D eigenvalue weighted by Gasteiger charge is 2.37. The number of aliphatic hydroxyl groups is 1. The highest BCUT2D eigenvalue weighted by Crippen LogP contribution is 2.35. The molecule has 1 aromatic rings. The van der Waals surface area contributed by atoms with Gasteiger partial charge in [-0.2, -0.15) is 0 Å². The Morgan fingerprint density at radius 1 is 1.73 bits per heavy atom. The fourth-order valence-corrected chi connectivity index (χ4v) is 2.47. The molecule has 4 nitrogen and oxygen atoms in total. The Hall–Kier alpha value is -0.870. The third-order valence-electron chi connectivity index (χ3n) is 3.24. The average Bonchev–Trinajstić information content (AvgIpc) is 2.65. The van der Waals surface area contributed by atoms with E-state index in [1.807, 2.05) is 10.8 Å². The zero-order valence-electron chi connectivity index (χ0n) is 9.19. The summed E-state index contributed by atoms with van der Waals surface area (Å²) in [5.41, 5.74) is 5.10. The maximum absolute atomic E-state index is 10.6. The lowest BCUT2D eigenvalue weighted by atomic mass is 9.81. The van der Waals surface area contributed by atoms with Crippen molar-refractivity contribution in [3.8, 4) is 0 Å². The van der Waals surface area contributed by atoms with Gasteiger partial charge in [0.25, 0.3) is 0 Å². The van der Waals surface area contributed by atoms with Crippen LogP contribution in [0.5, 0.6) is 0 Å². The van der Waals surface area contributed by atoms with E-state index in [1.54, 1.807) is 6.20 Å². The lowest BCUT2D eigenvalue weighted by molar-refractivity contribution is -0.0180. The Balaban J connectivity index is 2.27. The van der Waals surface area contributed by atoms with Gasteiger partial charge in [0, 0.05) is 25.0 Å². The third kappa shape index (κ3) is 1.92. The van der Waals surface area contributed by atoms with Crippen LogP contribution in [0.15, 0.2) is 12.4 Å². The summed E-state index contributed by atoms with van der Waals surface area (Å²) in [5.74, 6) is 0.778. The number of aromatic nitrogens is 2. The van der Waals surface area contributed by atoms with Crippen LogP contribution in [0.4, 0.5) is 0 Å². The van der Waals surface area contributed by atoms with Crippen LogP contribution in [-0.2, 0) is 12.1 Å². The summed E-state index contributed by atoms with van der Waals surface area (Å²) in [6, 6.07) is 0.103. The van der Waals surface area contributed by atoms with Crippen molar-refractivity contribution in [1.29, 1.82) is 0 Å². The van der Waals surface area contributed by atoms with Crippen molar-refractivity contribution in [2.45, 2.75) is 50.8 Å². The summed E-state index contributed by atoms with van der Waals surface area (Å²) in [4.78, 5) is 4.27. The highest BCUT2D eigenvalue weighted by molar-refractivity contribution is 5.07. The van der Waals surface area contributed by atoms with Crippen molar-refractivity contribution in [2.75, 3.05) is 0 Å². The van der Waals surface area contributed by atoms with Crippen LogP contribution in [0.3, 0.4) is 0 Å². The molecule has 1 saturated carbocycles. The Kier molecular flexibility index (Phi) is 2.80. The van der Waals surface area contributed by atoms with Gasteiger partial charge in [-0.25, -0.2) is 4.98 Å². The maximum Gasteiger partial charge on any atom is 0.140 e. The van der Waals surface area contributed by atoms with Gasteiger partial charge >= 0.3 is 0 Å². The first-order chi connectivity index (χ1) is 7.15. The van der Waals surface area contributed by atoms with Crippen LogP contribution >= 0.6 is 0 Å². The minimum absolute atomic E-state index is 0.103. The molecule has 84 valence electrons. The topological polar surface area (TPSA) is 64.1 Å². The van der Waals surface area contributed by atoms with Crippen molar-refractivity contribution < 1.29 is 5.11 Å². The summed E-state index contributed by atoms with van der Waals surface area (Å²) in [6.45, 7) is 2.89. The molecule has 2 atom stereocenters. The molecule has 1 aliphatic carbocycles. The minimum atomic E-state index is -0.808. The first kappa shape index (κ1) is 10.6. The molecule has 3 N–H and O–H groups in total. The number of hydrogen-bond donors (Lipinski definition) is 2. The van der Waals surface area contributed by atoms with E-state index in [0.717, 1.165) is 31.6 Å². The molecule has 1 aliphatic rings. The predicted molar refractivity (Wildman–Crippen MR) is 58.2 cm³/mol. The smallest absolute Gasteiger partial charge is 0.140 e. The molecule has 0 radical (unpaired) electrons. The van der Waals surface area contributed by atoms with Gasteiger partial charge < -0.3 is 15.4 Å². The van der Waals surface area contributed by atoms with E-state index in [-0.39, 0.29) is 6.04 Å². The van der Waals surface area contributed by atoms with Crippen molar-refractivity contribution in [3.05, 3.63) is 18.2 Å². The molecule has 0 saturated heterocycles. The maximum atomic E-state index is 10.6. The molecule has 4 heteroatoms. The molecule has 0 bridgehead atoms. The Morgan fingerprint density at radius 3 is 3.20 bits per heavy atom. The Morgan fingerprint density at radius 2 is 2.53 bits per heavy atom. The quantitative estimate of drug-likeness (QED) is 0.763. The number of nitrogens with two attached hydrogens (primary N) is 1. The van der Waals surface area contributed by atoms with Crippen LogP contribution in [0.1, 0.15) is 38.4 Å². The molecule has 1 heterocycles. The average molecular weight is 209 g/mol. The van der Waals surface area contributed by atoms with Gasteiger partial charge in [-0.1, -0.05) is 0 Å². The number of imidazole rings is 1. The lowest BCUT2D eigenvalue weighted by Gasteiger charge is -2.34. The SMILES string of the molecule is CCn1ccnc1C1(O)CCCC(N)C1. The second kappa shape index (κ2) is 3.94. The van der Waals surface area contributed by atoms with Crippen LogP contribution < -0.4 is 5.73 Å². The molecule has 0 amide bonds. The summed E-state index contributed by atoms with van der Waals surface area (Å²) >= 11 is 0. The summed E-state index contributed by atoms with van der Waals surface area (Å²) in [5, 5.41) is 10.6. The van der Waals surface area contributed by atoms with Gasteiger partial charge in [-0.05, 0) is 32.6 Å². The molecule has 2 unspecified atom stereocenters. The zero-order valence-corrected chi connectivity index (χ0v) is 9.19. The number of hydrogen-bond acceptors (Lipinski definition) is 3. The Labute approximate surface area is 90.1 Å². The molecule has 1 fully saturated rings. The first-order valence-corrected chi connectivity index (χ1v) is 5.65. The molecular weight excluding hydrogens is 190 g/mol. The molecule has 1 aromatic heterocycles. The minimum Gasteiger partial charge on any atom is -0.382 e. The van der Waals surface area contributed by atoms with Crippen molar-refractivity contribution in [3.63, 3.8) is 0 Å². The van der Waals surface area contributed by atoms with Gasteiger partial charge in [0.05, 0.1) is 0 Å². The number of nitrogens with zero attached hydrogens (tertiary/aromatic N) is 2. The molecular formula is C11H19N3O. The van der Waals surface area contributed by atoms with E-state index in [0.29, 0.717) is 6.42 Å². The van der Waals surface area contributed by atoms with Crippen LogP contribution in [0.2, 0.25) is 0 Å². The van der Waals surface area contributed by atoms with Crippen LogP contribution in [0, 0.1) is 0 Å². The summed E-state index contributed by atoms with van der Waals surface area (Å²) < 4.78 is 2.00. The van der Waals surface area contributed by atoms with Crippen LogP contribution in [-0.4, -0.2) is 20.7 Å². The number of aryl methyl sites for hydroxylation is 1. The van der Waals surface area contributed by atoms with Crippen molar-refractivity contribution in [2.24, 2.45) is 5.73 Å². The highest BCUT2D eigenvalue weighted by atomic mass is 16.3. The van der Waals surface area contributed by atoms with Gasteiger partial charge in [0.15, 0.2) is 0 Å². The summed E-state index contributed by atoms with van der Waals surface area (Å²) in [6.07, 6.45) is 7.05. The van der Waals surface area contributed by atoms with Crippen molar-refractivity contribution >= 4 is 0 Å². The molecule has 15 heavy (non-hydrogen) atoms. The number of rotatable bonds is 2. The predicted octanol–water partition coefficient (Wildman–Crippen LogP) is 0.992. The van der Waals surface area contributed by atoms with E-state index in [9.17, 15) is 5.11 Å². The Bertz CT molecular complexity index is 336. The first-order valence-electron chi connectivity index (χ1n) is 5.65. The van der Waals surface area contributed by atoms with E-state index in [1.165, 1.54) is 0 Å². The molecule has 2 rings (SSSR count). The third-order valence-corrected chi connectivity index (χ3v) is 3.24. The van der Waals surface area contributed by atoms with Gasteiger partial charge in [0.1, 0.15) is 11.4 Å². The zero-order chi connectivity index (χ0) is 10.9. The normalized spacial score (nSPS) is 31.8. The van der Waals surface area contributed by atoms with Gasteiger partial charge in [-0.15, -0.1) is 0 Å². The van der Waals surface area contributed by atoms with E-state index >= 15 is 0 Å². The van der Waals surface area contributed by atoms with Gasteiger partial charge in [0.2, 0.25) is 0 Å². The van der Waals surface area contributed by atoms with Crippen molar-refractivity contribution in [1.82, 2.24) is 9.55 Å². The van der Waals surface area contributed by atoms with E-state index in [2.05, 4.69) is 11.9 Å². The van der Waals surface area contributed by atoms with Crippen LogP contribution in [0.25, 0.3) is 0 Å². The molecule has 0 aromatic carbocycles. The second-order valence-corrected chi connectivity index (χ2v) is 4.42. The summed E-state index contributed by atoms with van der Waals surface area (Å²) in [7, 11) is 0. The van der Waals surface area contributed by atoms with E-state index in [4.69, 9.17) is 5.73 Å². The standard InChI is InChI=1S/C11H19N3O/c1-2-14-7-6-13-10(14)11(15)5-3-4-9(12)8-11/h6-7,9,15H,2-5,8,12H2,1H3.